The van der Waals surface area contributed by atoms with Gasteiger partial charge in [0, 0.05) is 24.5 Å². The lowest BCUT2D eigenvalue weighted by Gasteiger charge is -2.20. The van der Waals surface area contributed by atoms with E-state index in [0.29, 0.717) is 17.3 Å². The van der Waals surface area contributed by atoms with E-state index in [2.05, 4.69) is 21.0 Å². The third kappa shape index (κ3) is 5.91. The van der Waals surface area contributed by atoms with Gasteiger partial charge in [-0.2, -0.15) is 5.10 Å². The quantitative estimate of drug-likeness (QED) is 0.431. The fourth-order valence-corrected chi connectivity index (χ4v) is 3.80. The second-order valence-corrected chi connectivity index (χ2v) is 8.69. The number of carbonyl (C=O) groups is 3. The molecule has 1 aromatic heterocycles. The van der Waals surface area contributed by atoms with Crippen molar-refractivity contribution in [2.24, 2.45) is 5.92 Å². The van der Waals surface area contributed by atoms with Gasteiger partial charge in [0.05, 0.1) is 10.5 Å². The van der Waals surface area contributed by atoms with Gasteiger partial charge >= 0.3 is 0 Å². The van der Waals surface area contributed by atoms with Gasteiger partial charge in [-0.1, -0.05) is 55.8 Å². The Labute approximate surface area is 201 Å². The number of nitrogens with one attached hydrogen (secondary N) is 3. The Hall–Kier alpha value is -3.46. The van der Waals surface area contributed by atoms with Crippen LogP contribution >= 0.6 is 11.6 Å². The van der Waals surface area contributed by atoms with Crippen LogP contribution in [0.2, 0.25) is 5.02 Å². The molecule has 0 aliphatic carbocycles. The molecule has 0 saturated heterocycles. The number of hydrogen-bond acceptors (Lipinski definition) is 4. The molecule has 3 N–H and O–H groups in total. The van der Waals surface area contributed by atoms with Crippen molar-refractivity contribution in [2.75, 3.05) is 7.05 Å². The molecule has 10 heteroatoms. The van der Waals surface area contributed by atoms with Crippen LogP contribution in [0.5, 0.6) is 0 Å². The van der Waals surface area contributed by atoms with Crippen LogP contribution in [-0.2, 0) is 22.7 Å². The zero-order valence-corrected chi connectivity index (χ0v) is 19.9. The van der Waals surface area contributed by atoms with Crippen LogP contribution in [0.1, 0.15) is 36.3 Å². The molecule has 0 fully saturated rings. The third-order valence-electron chi connectivity index (χ3n) is 5.24. The Morgan fingerprint density at radius 2 is 1.85 bits per heavy atom. The molecule has 0 saturated carbocycles. The van der Waals surface area contributed by atoms with Gasteiger partial charge in [-0.25, -0.2) is 4.39 Å². The summed E-state index contributed by atoms with van der Waals surface area (Å²) in [5.41, 5.74) is 1.09. The molecule has 34 heavy (non-hydrogen) atoms. The second kappa shape index (κ2) is 11.1. The largest absolute Gasteiger partial charge is 0.354 e. The van der Waals surface area contributed by atoms with Crippen LogP contribution < -0.4 is 16.0 Å². The van der Waals surface area contributed by atoms with Crippen molar-refractivity contribution in [3.8, 4) is 0 Å². The van der Waals surface area contributed by atoms with Crippen molar-refractivity contribution in [2.45, 2.75) is 39.4 Å². The van der Waals surface area contributed by atoms with Gasteiger partial charge in [-0.05, 0) is 24.5 Å². The number of para-hydroxylation sites is 1. The standard InChI is InChI=1S/C24H27ClFN5O3/c1-14(2)11-18(23(33)28-12-15-7-6-9-17(25)21(15)26)29-20(32)13-31-19-10-5-4-8-16(19)22(30-31)24(34)27-3/h4-10,14,18H,11-13H2,1-3H3,(H,27,34)(H,28,33)(H,29,32)/t18-/m0/s1. The maximum atomic E-state index is 14.1. The predicted octanol–water partition coefficient (Wildman–Crippen LogP) is 3.04. The molecular weight excluding hydrogens is 461 g/mol. The molecule has 3 aromatic rings. The fraction of sp³-hybridized carbons (Fsp3) is 0.333. The van der Waals surface area contributed by atoms with Gasteiger partial charge in [0.1, 0.15) is 18.4 Å². The van der Waals surface area contributed by atoms with Crippen molar-refractivity contribution < 1.29 is 18.8 Å². The van der Waals surface area contributed by atoms with Crippen LogP contribution in [-0.4, -0.2) is 40.6 Å². The molecule has 3 amide bonds. The second-order valence-electron chi connectivity index (χ2n) is 8.28. The SMILES string of the molecule is CNC(=O)c1nn(CC(=O)N[C@@H](CC(C)C)C(=O)NCc2cccc(Cl)c2F)c2ccccc12. The van der Waals surface area contributed by atoms with Gasteiger partial charge in [-0.15, -0.1) is 0 Å². The summed E-state index contributed by atoms with van der Waals surface area (Å²) in [6, 6.07) is 10.8. The molecule has 8 nitrogen and oxygen atoms in total. The lowest BCUT2D eigenvalue weighted by molar-refractivity contribution is -0.129. The van der Waals surface area contributed by atoms with Crippen LogP contribution in [0.25, 0.3) is 10.9 Å². The molecule has 3 rings (SSSR count). The maximum Gasteiger partial charge on any atom is 0.272 e. The summed E-state index contributed by atoms with van der Waals surface area (Å²) in [6.07, 6.45) is 0.388. The number of nitrogens with zero attached hydrogens (tertiary/aromatic N) is 2. The van der Waals surface area contributed by atoms with E-state index in [9.17, 15) is 18.8 Å². The van der Waals surface area contributed by atoms with Crippen molar-refractivity contribution in [3.05, 3.63) is 64.6 Å². The topological polar surface area (TPSA) is 105 Å². The first-order chi connectivity index (χ1) is 16.2. The smallest absolute Gasteiger partial charge is 0.272 e. The number of rotatable bonds is 9. The maximum absolute atomic E-state index is 14.1. The number of halogens is 2. The average molecular weight is 488 g/mol. The van der Waals surface area contributed by atoms with Gasteiger partial charge in [-0.3, -0.25) is 19.1 Å². The highest BCUT2D eigenvalue weighted by atomic mass is 35.5. The molecule has 1 atom stereocenters. The number of carbonyl (C=O) groups excluding carboxylic acids is 3. The van der Waals surface area contributed by atoms with E-state index in [0.717, 1.165) is 0 Å². The van der Waals surface area contributed by atoms with E-state index in [1.807, 2.05) is 13.8 Å². The van der Waals surface area contributed by atoms with Crippen molar-refractivity contribution in [1.29, 1.82) is 0 Å². The number of fused-ring (bicyclic) bond motifs is 1. The third-order valence-corrected chi connectivity index (χ3v) is 5.53. The molecule has 0 radical (unpaired) electrons. The van der Waals surface area contributed by atoms with E-state index in [-0.39, 0.29) is 41.2 Å². The molecule has 180 valence electrons. The highest BCUT2D eigenvalue weighted by molar-refractivity contribution is 6.30. The summed E-state index contributed by atoms with van der Waals surface area (Å²) < 4.78 is 15.6. The Bertz CT molecular complexity index is 1210. The lowest BCUT2D eigenvalue weighted by Crippen LogP contribution is -2.48. The minimum atomic E-state index is -0.824. The first kappa shape index (κ1) is 25.2. The summed E-state index contributed by atoms with van der Waals surface area (Å²) in [4.78, 5) is 37.8. The molecular formula is C24H27ClFN5O3. The van der Waals surface area contributed by atoms with E-state index in [4.69, 9.17) is 11.6 Å². The van der Waals surface area contributed by atoms with Gasteiger partial charge < -0.3 is 16.0 Å². The Morgan fingerprint density at radius 3 is 2.56 bits per heavy atom. The highest BCUT2D eigenvalue weighted by Gasteiger charge is 2.24. The number of hydrogen-bond donors (Lipinski definition) is 3. The predicted molar refractivity (Wildman–Crippen MR) is 128 cm³/mol. The van der Waals surface area contributed by atoms with Gasteiger partial charge in [0.15, 0.2) is 5.69 Å². The Balaban J connectivity index is 1.73. The van der Waals surface area contributed by atoms with E-state index in [1.54, 1.807) is 30.3 Å². The molecule has 0 spiro atoms. The Kier molecular flexibility index (Phi) is 8.22. The van der Waals surface area contributed by atoms with E-state index < -0.39 is 23.7 Å². The average Bonchev–Trinajstić information content (AvgIpc) is 3.17. The zero-order valence-electron chi connectivity index (χ0n) is 19.2. The molecule has 0 bridgehead atoms. The monoisotopic (exact) mass is 487 g/mol. The summed E-state index contributed by atoms with van der Waals surface area (Å²) in [6.45, 7) is 3.62. The zero-order chi connectivity index (χ0) is 24.8. The minimum absolute atomic E-state index is 0.0265. The molecule has 2 aromatic carbocycles. The highest BCUT2D eigenvalue weighted by Crippen LogP contribution is 2.19. The van der Waals surface area contributed by atoms with Gasteiger partial charge in [0.2, 0.25) is 11.8 Å². The van der Waals surface area contributed by atoms with E-state index >= 15 is 0 Å². The molecule has 0 unspecified atom stereocenters. The van der Waals surface area contributed by atoms with Gasteiger partial charge in [0.25, 0.3) is 5.91 Å². The Morgan fingerprint density at radius 1 is 1.12 bits per heavy atom. The first-order valence-electron chi connectivity index (χ1n) is 10.9. The molecule has 0 aliphatic heterocycles. The van der Waals surface area contributed by atoms with Crippen LogP contribution in [0.4, 0.5) is 4.39 Å². The number of amides is 3. The van der Waals surface area contributed by atoms with Crippen LogP contribution in [0.3, 0.4) is 0 Å². The normalized spacial score (nSPS) is 11.9. The lowest BCUT2D eigenvalue weighted by atomic mass is 10.0. The number of benzene rings is 2. The van der Waals surface area contributed by atoms with Crippen molar-refractivity contribution in [3.63, 3.8) is 0 Å². The fourth-order valence-electron chi connectivity index (χ4n) is 3.60. The minimum Gasteiger partial charge on any atom is -0.354 e. The first-order valence-corrected chi connectivity index (χ1v) is 11.3. The summed E-state index contributed by atoms with van der Waals surface area (Å²) in [7, 11) is 1.51. The van der Waals surface area contributed by atoms with E-state index in [1.165, 1.54) is 23.9 Å². The summed E-state index contributed by atoms with van der Waals surface area (Å²) in [5.74, 6) is -1.71. The number of aromatic nitrogens is 2. The van der Waals surface area contributed by atoms with Crippen molar-refractivity contribution >= 4 is 40.2 Å². The van der Waals surface area contributed by atoms with Crippen molar-refractivity contribution in [1.82, 2.24) is 25.7 Å². The summed E-state index contributed by atoms with van der Waals surface area (Å²) >= 11 is 5.80. The molecule has 1 heterocycles. The van der Waals surface area contributed by atoms with Crippen LogP contribution in [0, 0.1) is 11.7 Å². The molecule has 0 aliphatic rings. The van der Waals surface area contributed by atoms with Crippen LogP contribution in [0.15, 0.2) is 42.5 Å². The summed E-state index contributed by atoms with van der Waals surface area (Å²) in [5, 5.41) is 12.8.